The summed E-state index contributed by atoms with van der Waals surface area (Å²) in [6, 6.07) is 0.391. The van der Waals surface area contributed by atoms with Crippen LogP contribution in [0.2, 0.25) is 0 Å². The smallest absolute Gasteiger partial charge is 0.246 e. The third-order valence-electron chi connectivity index (χ3n) is 3.88. The number of carbonyl (C=O) groups excluding carboxylic acids is 1. The number of nitrogens with one attached hydrogen (secondary N) is 2. The maximum atomic E-state index is 11.4. The molecule has 1 saturated carbocycles. The van der Waals surface area contributed by atoms with Gasteiger partial charge >= 0.3 is 0 Å². The van der Waals surface area contributed by atoms with Gasteiger partial charge in [0.2, 0.25) is 5.91 Å². The van der Waals surface area contributed by atoms with Crippen molar-refractivity contribution in [2.45, 2.75) is 31.7 Å². The average molecular weight is 212 g/mol. The van der Waals surface area contributed by atoms with E-state index in [2.05, 4.69) is 10.6 Å². The van der Waals surface area contributed by atoms with Crippen LogP contribution in [-0.2, 0) is 9.53 Å². The van der Waals surface area contributed by atoms with Crippen molar-refractivity contribution >= 4 is 5.91 Å². The number of hydrogen-bond acceptors (Lipinski definition) is 3. The Morgan fingerprint density at radius 3 is 2.73 bits per heavy atom. The van der Waals surface area contributed by atoms with Crippen LogP contribution in [0.15, 0.2) is 0 Å². The van der Waals surface area contributed by atoms with Gasteiger partial charge in [-0.3, -0.25) is 4.79 Å². The standard InChI is InChI=1S/C11H20N2O2/c1-15-8-10(14)13-9-2-3-11(9)4-6-12-7-5-11/h9,12H,2-8H2,1H3,(H,13,14). The number of piperidine rings is 1. The molecule has 2 aliphatic rings. The van der Waals surface area contributed by atoms with Crippen molar-refractivity contribution in [2.24, 2.45) is 5.41 Å². The lowest BCUT2D eigenvalue weighted by Crippen LogP contribution is -2.59. The normalized spacial score (nSPS) is 28.5. The highest BCUT2D eigenvalue weighted by Gasteiger charge is 2.47. The van der Waals surface area contributed by atoms with Crippen molar-refractivity contribution in [1.29, 1.82) is 0 Å². The lowest BCUT2D eigenvalue weighted by molar-refractivity contribution is -0.128. The Morgan fingerprint density at radius 1 is 1.47 bits per heavy atom. The molecule has 15 heavy (non-hydrogen) atoms. The van der Waals surface area contributed by atoms with E-state index < -0.39 is 0 Å². The number of amides is 1. The number of rotatable bonds is 3. The van der Waals surface area contributed by atoms with E-state index in [4.69, 9.17) is 4.74 Å². The molecular formula is C11H20N2O2. The highest BCUT2D eigenvalue weighted by Crippen LogP contribution is 2.47. The number of methoxy groups -OCH3 is 1. The van der Waals surface area contributed by atoms with Gasteiger partial charge in [-0.25, -0.2) is 0 Å². The van der Waals surface area contributed by atoms with Crippen LogP contribution < -0.4 is 10.6 Å². The second-order valence-electron chi connectivity index (χ2n) is 4.70. The van der Waals surface area contributed by atoms with Crippen LogP contribution in [0.1, 0.15) is 25.7 Å². The van der Waals surface area contributed by atoms with Crippen LogP contribution in [0.5, 0.6) is 0 Å². The Balaban J connectivity index is 1.85. The third kappa shape index (κ3) is 2.16. The molecule has 0 radical (unpaired) electrons. The molecule has 1 unspecified atom stereocenters. The zero-order chi connectivity index (χ0) is 10.7. The summed E-state index contributed by atoms with van der Waals surface area (Å²) in [4.78, 5) is 11.4. The molecule has 0 aromatic rings. The fourth-order valence-corrected chi connectivity index (χ4v) is 2.81. The predicted octanol–water partition coefficient (Wildman–Crippen LogP) is 0.281. The highest BCUT2D eigenvalue weighted by molar-refractivity contribution is 5.77. The molecule has 0 bridgehead atoms. The molecule has 1 aliphatic carbocycles. The first kappa shape index (κ1) is 10.9. The van der Waals surface area contributed by atoms with Crippen molar-refractivity contribution in [3.05, 3.63) is 0 Å². The molecular weight excluding hydrogens is 192 g/mol. The van der Waals surface area contributed by atoms with Gasteiger partial charge in [-0.2, -0.15) is 0 Å². The zero-order valence-electron chi connectivity index (χ0n) is 9.34. The van der Waals surface area contributed by atoms with Gasteiger partial charge in [0, 0.05) is 13.2 Å². The summed E-state index contributed by atoms with van der Waals surface area (Å²) in [5.74, 6) is 0.0279. The van der Waals surface area contributed by atoms with Gasteiger partial charge in [-0.1, -0.05) is 0 Å². The number of carbonyl (C=O) groups is 1. The van der Waals surface area contributed by atoms with Gasteiger partial charge in [0.25, 0.3) is 0 Å². The average Bonchev–Trinajstić information content (AvgIpc) is 2.26. The minimum Gasteiger partial charge on any atom is -0.375 e. The summed E-state index contributed by atoms with van der Waals surface area (Å²) < 4.78 is 4.82. The molecule has 2 rings (SSSR count). The van der Waals surface area contributed by atoms with Gasteiger partial charge in [0.15, 0.2) is 0 Å². The molecule has 1 amide bonds. The van der Waals surface area contributed by atoms with Crippen LogP contribution in [-0.4, -0.2) is 38.8 Å². The lowest BCUT2D eigenvalue weighted by atomic mass is 9.59. The topological polar surface area (TPSA) is 50.4 Å². The summed E-state index contributed by atoms with van der Waals surface area (Å²) >= 11 is 0. The van der Waals surface area contributed by atoms with Crippen LogP contribution in [0.25, 0.3) is 0 Å². The molecule has 1 aliphatic heterocycles. The maximum Gasteiger partial charge on any atom is 0.246 e. The number of hydrogen-bond donors (Lipinski definition) is 2. The zero-order valence-corrected chi connectivity index (χ0v) is 9.34. The molecule has 2 N–H and O–H groups in total. The Kier molecular flexibility index (Phi) is 3.26. The van der Waals surface area contributed by atoms with E-state index in [-0.39, 0.29) is 12.5 Å². The lowest BCUT2D eigenvalue weighted by Gasteiger charge is -2.52. The summed E-state index contributed by atoms with van der Waals surface area (Å²) in [6.07, 6.45) is 4.80. The van der Waals surface area contributed by atoms with Crippen LogP contribution in [0, 0.1) is 5.41 Å². The first-order chi connectivity index (χ1) is 7.27. The molecule has 2 fully saturated rings. The monoisotopic (exact) mass is 212 g/mol. The second-order valence-corrected chi connectivity index (χ2v) is 4.70. The Labute approximate surface area is 90.8 Å². The minimum atomic E-state index is 0.0279. The van der Waals surface area contributed by atoms with Gasteiger partial charge in [0.1, 0.15) is 6.61 Å². The van der Waals surface area contributed by atoms with Crippen LogP contribution >= 0.6 is 0 Å². The minimum absolute atomic E-state index is 0.0279. The quantitative estimate of drug-likeness (QED) is 0.706. The van der Waals surface area contributed by atoms with Gasteiger partial charge in [0.05, 0.1) is 0 Å². The van der Waals surface area contributed by atoms with Crippen molar-refractivity contribution in [3.63, 3.8) is 0 Å². The Morgan fingerprint density at radius 2 is 2.20 bits per heavy atom. The number of ether oxygens (including phenoxy) is 1. The van der Waals surface area contributed by atoms with Crippen molar-refractivity contribution in [2.75, 3.05) is 26.8 Å². The molecule has 86 valence electrons. The highest BCUT2D eigenvalue weighted by atomic mass is 16.5. The Bertz CT molecular complexity index is 237. The summed E-state index contributed by atoms with van der Waals surface area (Å²) in [6.45, 7) is 2.37. The molecule has 1 saturated heterocycles. The van der Waals surface area contributed by atoms with E-state index in [0.29, 0.717) is 11.5 Å². The second kappa shape index (κ2) is 4.49. The largest absolute Gasteiger partial charge is 0.375 e. The first-order valence-corrected chi connectivity index (χ1v) is 5.76. The van der Waals surface area contributed by atoms with Crippen LogP contribution in [0.3, 0.4) is 0 Å². The van der Waals surface area contributed by atoms with Gasteiger partial charge in [-0.15, -0.1) is 0 Å². The fraction of sp³-hybridized carbons (Fsp3) is 0.909. The summed E-state index contributed by atoms with van der Waals surface area (Å²) in [7, 11) is 1.56. The summed E-state index contributed by atoms with van der Waals surface area (Å²) in [5, 5.41) is 6.46. The third-order valence-corrected chi connectivity index (χ3v) is 3.88. The van der Waals surface area contributed by atoms with Crippen molar-refractivity contribution in [1.82, 2.24) is 10.6 Å². The van der Waals surface area contributed by atoms with Gasteiger partial charge < -0.3 is 15.4 Å². The van der Waals surface area contributed by atoms with E-state index in [0.717, 1.165) is 19.5 Å². The molecule has 1 spiro atoms. The maximum absolute atomic E-state index is 11.4. The Hall–Kier alpha value is -0.610. The molecule has 1 atom stereocenters. The van der Waals surface area contributed by atoms with E-state index in [1.807, 2.05) is 0 Å². The molecule has 4 heteroatoms. The van der Waals surface area contributed by atoms with E-state index in [9.17, 15) is 4.79 Å². The first-order valence-electron chi connectivity index (χ1n) is 5.76. The SMILES string of the molecule is COCC(=O)NC1CCC12CCNCC2. The molecule has 1 heterocycles. The molecule has 0 aromatic heterocycles. The molecule has 4 nitrogen and oxygen atoms in total. The van der Waals surface area contributed by atoms with Crippen molar-refractivity contribution < 1.29 is 9.53 Å². The molecule has 0 aromatic carbocycles. The fourth-order valence-electron chi connectivity index (χ4n) is 2.81. The van der Waals surface area contributed by atoms with Crippen molar-refractivity contribution in [3.8, 4) is 0 Å². The van der Waals surface area contributed by atoms with Gasteiger partial charge in [-0.05, 0) is 44.2 Å². The van der Waals surface area contributed by atoms with Crippen LogP contribution in [0.4, 0.5) is 0 Å². The van der Waals surface area contributed by atoms with E-state index in [1.165, 1.54) is 19.3 Å². The van der Waals surface area contributed by atoms with E-state index in [1.54, 1.807) is 7.11 Å². The van der Waals surface area contributed by atoms with E-state index >= 15 is 0 Å². The summed E-state index contributed by atoms with van der Waals surface area (Å²) in [5.41, 5.74) is 0.397. The predicted molar refractivity (Wildman–Crippen MR) is 57.6 cm³/mol.